The lowest BCUT2D eigenvalue weighted by molar-refractivity contribution is 0.177. The second-order valence-electron chi connectivity index (χ2n) is 13.3. The number of rotatable bonds is 9. The number of hydrogen-bond acceptors (Lipinski definition) is 0. The summed E-state index contributed by atoms with van der Waals surface area (Å²) in [6, 6.07) is 16.0. The number of unbranched alkanes of at least 4 members (excludes halogenated alkanes) is 2. The molecular formula is C37H53F. The highest BCUT2D eigenvalue weighted by Gasteiger charge is 2.32. The molecule has 3 aliphatic carbocycles. The predicted molar refractivity (Wildman–Crippen MR) is 160 cm³/mol. The molecule has 38 heavy (non-hydrogen) atoms. The van der Waals surface area contributed by atoms with Crippen LogP contribution in [0.25, 0.3) is 0 Å². The largest absolute Gasteiger partial charge is 0.207 e. The van der Waals surface area contributed by atoms with Crippen molar-refractivity contribution in [1.82, 2.24) is 0 Å². The zero-order chi connectivity index (χ0) is 26.3. The van der Waals surface area contributed by atoms with Gasteiger partial charge in [-0.05, 0) is 147 Å². The minimum atomic E-state index is 0.00339. The minimum Gasteiger partial charge on any atom is -0.207 e. The van der Waals surface area contributed by atoms with Crippen molar-refractivity contribution < 1.29 is 4.39 Å². The van der Waals surface area contributed by atoms with Crippen LogP contribution >= 0.6 is 0 Å². The van der Waals surface area contributed by atoms with Crippen LogP contribution in [0.5, 0.6) is 0 Å². The maximum Gasteiger partial charge on any atom is 0.126 e. The van der Waals surface area contributed by atoms with Crippen molar-refractivity contribution in [3.63, 3.8) is 0 Å². The maximum atomic E-state index is 14.3. The summed E-state index contributed by atoms with van der Waals surface area (Å²) in [5.41, 5.74) is 5.30. The molecule has 0 amide bonds. The van der Waals surface area contributed by atoms with Crippen LogP contribution in [0.1, 0.15) is 157 Å². The van der Waals surface area contributed by atoms with Crippen LogP contribution in [0.3, 0.4) is 0 Å². The normalized spacial score (nSPS) is 30.3. The lowest BCUT2D eigenvalue weighted by atomic mass is 9.67. The van der Waals surface area contributed by atoms with Gasteiger partial charge >= 0.3 is 0 Å². The fourth-order valence-corrected chi connectivity index (χ4v) is 8.46. The van der Waals surface area contributed by atoms with Crippen LogP contribution in [0, 0.1) is 23.6 Å². The number of aryl methyl sites for hydroxylation is 1. The molecule has 0 atom stereocenters. The van der Waals surface area contributed by atoms with Crippen LogP contribution in [-0.2, 0) is 6.42 Å². The van der Waals surface area contributed by atoms with Gasteiger partial charge in [0.25, 0.3) is 0 Å². The third-order valence-electron chi connectivity index (χ3n) is 11.1. The second kappa shape index (κ2) is 13.6. The van der Waals surface area contributed by atoms with Crippen LogP contribution in [0.4, 0.5) is 4.39 Å². The fraction of sp³-hybridized carbons (Fsp3) is 0.676. The Kier molecular flexibility index (Phi) is 10.0. The minimum absolute atomic E-state index is 0.00339. The smallest absolute Gasteiger partial charge is 0.126 e. The summed E-state index contributed by atoms with van der Waals surface area (Å²) in [5.74, 6) is 4.95. The van der Waals surface area contributed by atoms with E-state index in [4.69, 9.17) is 0 Å². The Morgan fingerprint density at radius 2 is 1.05 bits per heavy atom. The predicted octanol–water partition coefficient (Wildman–Crippen LogP) is 11.5. The first-order valence-electron chi connectivity index (χ1n) is 16.5. The summed E-state index contributed by atoms with van der Waals surface area (Å²) in [6.45, 7) is 4.35. The molecule has 208 valence electrons. The quantitative estimate of drug-likeness (QED) is 0.291. The van der Waals surface area contributed by atoms with Crippen molar-refractivity contribution in [3.05, 3.63) is 70.5 Å². The maximum absolute atomic E-state index is 14.3. The fourth-order valence-electron chi connectivity index (χ4n) is 8.46. The van der Waals surface area contributed by atoms with E-state index in [9.17, 15) is 4.39 Å². The molecule has 0 heterocycles. The molecule has 2 aromatic rings. The van der Waals surface area contributed by atoms with E-state index in [-0.39, 0.29) is 5.82 Å². The zero-order valence-electron chi connectivity index (χ0n) is 24.4. The lowest BCUT2D eigenvalue weighted by Gasteiger charge is -2.38. The van der Waals surface area contributed by atoms with Gasteiger partial charge in [0, 0.05) is 0 Å². The molecule has 0 aliphatic heterocycles. The molecule has 2 aromatic carbocycles. The van der Waals surface area contributed by atoms with Crippen molar-refractivity contribution in [2.75, 3.05) is 0 Å². The Balaban J connectivity index is 1.05. The van der Waals surface area contributed by atoms with Gasteiger partial charge in [0.2, 0.25) is 0 Å². The SMILES string of the molecule is CCCCCC1CCC(c2ccc(C3CCC(C4CCC(c5ccc(CC)c(F)c5)CC4)CC3)cc2)CC1. The Morgan fingerprint density at radius 3 is 1.53 bits per heavy atom. The van der Waals surface area contributed by atoms with Crippen molar-refractivity contribution >= 4 is 0 Å². The summed E-state index contributed by atoms with van der Waals surface area (Å²) >= 11 is 0. The van der Waals surface area contributed by atoms with E-state index in [1.54, 1.807) is 11.1 Å². The molecule has 0 saturated heterocycles. The first-order valence-corrected chi connectivity index (χ1v) is 16.5. The average molecular weight is 517 g/mol. The van der Waals surface area contributed by atoms with Gasteiger partial charge in [-0.15, -0.1) is 0 Å². The number of hydrogen-bond donors (Lipinski definition) is 0. The van der Waals surface area contributed by atoms with Gasteiger partial charge in [0.1, 0.15) is 5.82 Å². The molecule has 0 bridgehead atoms. The molecule has 0 radical (unpaired) electrons. The molecule has 5 rings (SSSR count). The van der Waals surface area contributed by atoms with E-state index in [2.05, 4.69) is 37.3 Å². The van der Waals surface area contributed by atoms with Crippen LogP contribution < -0.4 is 0 Å². The first kappa shape index (κ1) is 27.9. The second-order valence-corrected chi connectivity index (χ2v) is 13.3. The molecule has 0 spiro atoms. The summed E-state index contributed by atoms with van der Waals surface area (Å²) in [7, 11) is 0. The molecule has 3 fully saturated rings. The van der Waals surface area contributed by atoms with Crippen LogP contribution in [0.2, 0.25) is 0 Å². The van der Waals surface area contributed by atoms with E-state index >= 15 is 0 Å². The summed E-state index contributed by atoms with van der Waals surface area (Å²) < 4.78 is 14.3. The Bertz CT molecular complexity index is 966. The molecule has 3 aliphatic rings. The molecule has 0 N–H and O–H groups in total. The third-order valence-corrected chi connectivity index (χ3v) is 11.1. The Morgan fingerprint density at radius 1 is 0.579 bits per heavy atom. The Hall–Kier alpha value is -1.63. The van der Waals surface area contributed by atoms with E-state index in [0.717, 1.165) is 41.6 Å². The monoisotopic (exact) mass is 516 g/mol. The molecule has 0 unspecified atom stereocenters. The van der Waals surface area contributed by atoms with Gasteiger partial charge < -0.3 is 0 Å². The molecule has 1 heteroatoms. The summed E-state index contributed by atoms with van der Waals surface area (Å²) in [4.78, 5) is 0. The van der Waals surface area contributed by atoms with Gasteiger partial charge in [-0.2, -0.15) is 0 Å². The molecule has 3 saturated carbocycles. The highest BCUT2D eigenvalue weighted by molar-refractivity contribution is 5.29. The van der Waals surface area contributed by atoms with Gasteiger partial charge in [-0.3, -0.25) is 0 Å². The van der Waals surface area contributed by atoms with Gasteiger partial charge in [-0.1, -0.05) is 75.9 Å². The highest BCUT2D eigenvalue weighted by atomic mass is 19.1. The van der Waals surface area contributed by atoms with E-state index < -0.39 is 0 Å². The van der Waals surface area contributed by atoms with E-state index in [1.807, 2.05) is 19.1 Å². The highest BCUT2D eigenvalue weighted by Crippen LogP contribution is 2.46. The standard InChI is InChI=1S/C37H53F/c1-3-5-6-7-27-8-10-29(11-9-27)30-13-15-31(16-14-30)32-17-19-33(20-18-32)34-21-23-35(24-22-34)36-25-12-28(4-2)37(38)26-36/h12-16,25-27,29,32-35H,3-11,17-24H2,1-2H3. The average Bonchev–Trinajstić information content (AvgIpc) is 2.98. The van der Waals surface area contributed by atoms with Gasteiger partial charge in [-0.25, -0.2) is 4.39 Å². The van der Waals surface area contributed by atoms with E-state index in [0.29, 0.717) is 5.92 Å². The van der Waals surface area contributed by atoms with Crippen molar-refractivity contribution in [2.24, 2.45) is 17.8 Å². The zero-order valence-corrected chi connectivity index (χ0v) is 24.4. The van der Waals surface area contributed by atoms with Crippen LogP contribution in [-0.4, -0.2) is 0 Å². The number of halogens is 1. The third kappa shape index (κ3) is 6.92. The molecule has 0 aromatic heterocycles. The lowest BCUT2D eigenvalue weighted by Crippen LogP contribution is -2.25. The summed E-state index contributed by atoms with van der Waals surface area (Å²) in [6.07, 6.45) is 22.9. The topological polar surface area (TPSA) is 0 Å². The van der Waals surface area contributed by atoms with Crippen molar-refractivity contribution in [3.8, 4) is 0 Å². The van der Waals surface area contributed by atoms with Crippen molar-refractivity contribution in [1.29, 1.82) is 0 Å². The first-order chi connectivity index (χ1) is 18.6. The Labute approximate surface area is 233 Å². The van der Waals surface area contributed by atoms with Crippen molar-refractivity contribution in [2.45, 2.75) is 141 Å². The number of benzene rings is 2. The van der Waals surface area contributed by atoms with E-state index in [1.165, 1.54) is 108 Å². The van der Waals surface area contributed by atoms with Gasteiger partial charge in [0.15, 0.2) is 0 Å². The summed E-state index contributed by atoms with van der Waals surface area (Å²) in [5, 5.41) is 0. The molecule has 0 nitrogen and oxygen atoms in total. The van der Waals surface area contributed by atoms with Crippen LogP contribution in [0.15, 0.2) is 42.5 Å². The van der Waals surface area contributed by atoms with Gasteiger partial charge in [0.05, 0.1) is 0 Å². The molecular weight excluding hydrogens is 463 g/mol.